The summed E-state index contributed by atoms with van der Waals surface area (Å²) in [7, 11) is 1.62. The number of hydrogen-bond donors (Lipinski definition) is 1. The number of anilines is 2. The first-order chi connectivity index (χ1) is 18.6. The molecule has 0 amide bonds. The number of benzene rings is 3. The van der Waals surface area contributed by atoms with Gasteiger partial charge in [-0.15, -0.1) is 0 Å². The highest BCUT2D eigenvalue weighted by molar-refractivity contribution is 6.32. The van der Waals surface area contributed by atoms with Crippen LogP contribution in [0.5, 0.6) is 17.2 Å². The molecule has 1 aliphatic rings. The molecule has 0 radical (unpaired) electrons. The number of rotatable bonds is 11. The number of methoxy groups -OCH3 is 1. The van der Waals surface area contributed by atoms with Crippen molar-refractivity contribution in [1.82, 2.24) is 9.97 Å². The first kappa shape index (κ1) is 26.0. The average molecular weight is 540 g/mol. The highest BCUT2D eigenvalue weighted by Gasteiger charge is 2.21. The number of fused-ring (bicyclic) bond motifs is 1. The predicted molar refractivity (Wildman–Crippen MR) is 142 cm³/mol. The summed E-state index contributed by atoms with van der Waals surface area (Å²) in [6.07, 6.45) is 2.19. The molecule has 0 spiro atoms. The van der Waals surface area contributed by atoms with Gasteiger partial charge in [0.15, 0.2) is 0 Å². The third kappa shape index (κ3) is 6.42. The molecule has 1 aliphatic heterocycles. The van der Waals surface area contributed by atoms with Gasteiger partial charge in [0.1, 0.15) is 54.5 Å². The van der Waals surface area contributed by atoms with Gasteiger partial charge >= 0.3 is 0 Å². The molecule has 0 aliphatic carbocycles. The summed E-state index contributed by atoms with van der Waals surface area (Å²) in [5.41, 5.74) is 2.07. The van der Waals surface area contributed by atoms with E-state index in [0.29, 0.717) is 76.7 Å². The monoisotopic (exact) mass is 539 g/mol. The van der Waals surface area contributed by atoms with Crippen LogP contribution in [-0.2, 0) is 16.1 Å². The fourth-order valence-corrected chi connectivity index (χ4v) is 4.28. The molecule has 198 valence electrons. The lowest BCUT2D eigenvalue weighted by Crippen LogP contribution is -2.16. The van der Waals surface area contributed by atoms with Gasteiger partial charge in [0.05, 0.1) is 35.7 Å². The molecule has 10 heteroatoms. The Balaban J connectivity index is 1.39. The van der Waals surface area contributed by atoms with Crippen LogP contribution < -0.4 is 19.5 Å². The van der Waals surface area contributed by atoms with Crippen LogP contribution in [-0.4, -0.2) is 49.6 Å². The molecular weight excluding hydrogens is 513 g/mol. The van der Waals surface area contributed by atoms with E-state index in [1.807, 2.05) is 18.2 Å². The van der Waals surface area contributed by atoms with E-state index in [1.54, 1.807) is 31.4 Å². The van der Waals surface area contributed by atoms with Crippen molar-refractivity contribution in [3.8, 4) is 17.2 Å². The lowest BCUT2D eigenvalue weighted by molar-refractivity contribution is 0.140. The molecular formula is C28H27ClFN3O5. The molecule has 1 unspecified atom stereocenters. The molecule has 8 nitrogen and oxygen atoms in total. The quantitative estimate of drug-likeness (QED) is 0.235. The topological polar surface area (TPSA) is 84.0 Å². The average Bonchev–Trinajstić information content (AvgIpc) is 3.42. The van der Waals surface area contributed by atoms with Gasteiger partial charge in [0.25, 0.3) is 0 Å². The summed E-state index contributed by atoms with van der Waals surface area (Å²) in [6.45, 7) is 2.22. The maximum Gasteiger partial charge on any atom is 0.145 e. The van der Waals surface area contributed by atoms with E-state index < -0.39 is 0 Å². The zero-order valence-corrected chi connectivity index (χ0v) is 21.5. The fraction of sp³-hybridized carbons (Fsp3) is 0.286. The molecule has 0 saturated carbocycles. The SMILES string of the molecule is COCCOc1cc(OC2CCOC2)c2c(Nc3ccc(OCc4cccc(F)c4)c(Cl)c3)ncnc2c1. The first-order valence-corrected chi connectivity index (χ1v) is 12.6. The lowest BCUT2D eigenvalue weighted by atomic mass is 10.2. The van der Waals surface area contributed by atoms with Crippen LogP contribution in [0.2, 0.25) is 5.02 Å². The van der Waals surface area contributed by atoms with E-state index in [4.69, 9.17) is 35.3 Å². The second kappa shape index (κ2) is 12.3. The number of nitrogens with zero attached hydrogens (tertiary/aromatic N) is 2. The van der Waals surface area contributed by atoms with Crippen LogP contribution in [0, 0.1) is 5.82 Å². The van der Waals surface area contributed by atoms with Crippen LogP contribution in [0.4, 0.5) is 15.9 Å². The number of ether oxygens (including phenoxy) is 5. The molecule has 1 N–H and O–H groups in total. The Labute approximate surface area is 224 Å². The van der Waals surface area contributed by atoms with Gasteiger partial charge in [0.2, 0.25) is 0 Å². The Kier molecular flexibility index (Phi) is 8.37. The maximum absolute atomic E-state index is 13.4. The van der Waals surface area contributed by atoms with Crippen molar-refractivity contribution < 1.29 is 28.1 Å². The van der Waals surface area contributed by atoms with Gasteiger partial charge in [-0.05, 0) is 35.9 Å². The zero-order valence-electron chi connectivity index (χ0n) is 20.8. The number of hydrogen-bond acceptors (Lipinski definition) is 8. The van der Waals surface area contributed by atoms with E-state index in [0.717, 1.165) is 6.42 Å². The van der Waals surface area contributed by atoms with Gasteiger partial charge in [-0.1, -0.05) is 23.7 Å². The van der Waals surface area contributed by atoms with Crippen molar-refractivity contribution in [2.45, 2.75) is 19.1 Å². The Morgan fingerprint density at radius 1 is 1.05 bits per heavy atom. The molecule has 1 fully saturated rings. The van der Waals surface area contributed by atoms with Crippen molar-refractivity contribution in [2.24, 2.45) is 0 Å². The van der Waals surface area contributed by atoms with Crippen molar-refractivity contribution in [2.75, 3.05) is 38.9 Å². The lowest BCUT2D eigenvalue weighted by Gasteiger charge is -2.18. The van der Waals surface area contributed by atoms with Crippen molar-refractivity contribution in [3.05, 3.63) is 77.3 Å². The highest BCUT2D eigenvalue weighted by atomic mass is 35.5. The van der Waals surface area contributed by atoms with Crippen molar-refractivity contribution >= 4 is 34.0 Å². The number of nitrogens with one attached hydrogen (secondary N) is 1. The van der Waals surface area contributed by atoms with Crippen molar-refractivity contribution in [1.29, 1.82) is 0 Å². The van der Waals surface area contributed by atoms with Crippen LogP contribution in [0.15, 0.2) is 60.9 Å². The number of halogens is 2. The normalized spacial score (nSPS) is 15.0. The molecule has 1 aromatic heterocycles. The van der Waals surface area contributed by atoms with Crippen LogP contribution in [0.3, 0.4) is 0 Å². The summed E-state index contributed by atoms with van der Waals surface area (Å²) in [5.74, 6) is 1.94. The molecule has 5 rings (SSSR count). The molecule has 1 atom stereocenters. The number of aromatic nitrogens is 2. The third-order valence-electron chi connectivity index (χ3n) is 5.89. The zero-order chi connectivity index (χ0) is 26.3. The second-order valence-electron chi connectivity index (χ2n) is 8.67. The van der Waals surface area contributed by atoms with Crippen LogP contribution >= 0.6 is 11.6 Å². The van der Waals surface area contributed by atoms with Gasteiger partial charge in [-0.25, -0.2) is 14.4 Å². The first-order valence-electron chi connectivity index (χ1n) is 12.2. The minimum absolute atomic E-state index is 0.0792. The molecule has 2 heterocycles. The summed E-state index contributed by atoms with van der Waals surface area (Å²) in [4.78, 5) is 8.93. The minimum Gasteiger partial charge on any atom is -0.491 e. The maximum atomic E-state index is 13.4. The highest BCUT2D eigenvalue weighted by Crippen LogP contribution is 2.37. The Morgan fingerprint density at radius 2 is 1.97 bits per heavy atom. The molecule has 38 heavy (non-hydrogen) atoms. The summed E-state index contributed by atoms with van der Waals surface area (Å²) in [5, 5.41) is 4.43. The molecule has 0 bridgehead atoms. The van der Waals surface area contributed by atoms with Crippen molar-refractivity contribution in [3.63, 3.8) is 0 Å². The Hall–Kier alpha value is -3.66. The van der Waals surface area contributed by atoms with E-state index >= 15 is 0 Å². The van der Waals surface area contributed by atoms with Gasteiger partial charge in [0, 0.05) is 31.4 Å². The third-order valence-corrected chi connectivity index (χ3v) is 6.19. The minimum atomic E-state index is -0.314. The largest absolute Gasteiger partial charge is 0.491 e. The van der Waals surface area contributed by atoms with Gasteiger partial charge in [-0.2, -0.15) is 0 Å². The van der Waals surface area contributed by atoms with E-state index in [9.17, 15) is 4.39 Å². The fourth-order valence-electron chi connectivity index (χ4n) is 4.05. The van der Waals surface area contributed by atoms with Gasteiger partial charge < -0.3 is 29.0 Å². The van der Waals surface area contributed by atoms with Crippen LogP contribution in [0.1, 0.15) is 12.0 Å². The summed E-state index contributed by atoms with van der Waals surface area (Å²) >= 11 is 6.50. The Morgan fingerprint density at radius 3 is 2.76 bits per heavy atom. The second-order valence-corrected chi connectivity index (χ2v) is 9.08. The smallest absolute Gasteiger partial charge is 0.145 e. The Bertz CT molecular complexity index is 1400. The molecule has 1 saturated heterocycles. The van der Waals surface area contributed by atoms with E-state index in [-0.39, 0.29) is 18.5 Å². The molecule has 3 aromatic carbocycles. The van der Waals surface area contributed by atoms with Gasteiger partial charge in [-0.3, -0.25) is 0 Å². The predicted octanol–water partition coefficient (Wildman–Crippen LogP) is 5.94. The van der Waals surface area contributed by atoms with Crippen LogP contribution in [0.25, 0.3) is 10.9 Å². The summed E-state index contributed by atoms with van der Waals surface area (Å²) < 4.78 is 42.0. The van der Waals surface area contributed by atoms with E-state index in [1.165, 1.54) is 18.5 Å². The summed E-state index contributed by atoms with van der Waals surface area (Å²) in [6, 6.07) is 15.2. The molecule has 4 aromatic rings. The van der Waals surface area contributed by atoms with E-state index in [2.05, 4.69) is 15.3 Å². The standard InChI is InChI=1S/C28H27ClFN3O5/c1-34-9-10-36-22-13-24-27(26(14-22)38-21-7-8-35-16-21)28(32-17-31-24)33-20-5-6-25(23(29)12-20)37-15-18-3-2-4-19(30)11-18/h2-6,11-14,17,21H,7-10,15-16H2,1H3,(H,31,32,33).